The first-order chi connectivity index (χ1) is 5.81. The van der Waals surface area contributed by atoms with E-state index in [-0.39, 0.29) is 5.52 Å². The molecule has 4 heteroatoms. The Labute approximate surface area is 67.1 Å². The van der Waals surface area contributed by atoms with Crippen molar-refractivity contribution >= 4 is 11.1 Å². The van der Waals surface area contributed by atoms with Crippen LogP contribution in [0, 0.1) is 17.5 Å². The van der Waals surface area contributed by atoms with Crippen LogP contribution in [-0.4, -0.2) is 4.98 Å². The van der Waals surface area contributed by atoms with Crippen LogP contribution in [0.3, 0.4) is 0 Å². The Hall–Kier alpha value is -1.89. The smallest absolute Gasteiger partial charge is 0.382 e. The van der Waals surface area contributed by atoms with Crippen molar-refractivity contribution in [2.75, 3.05) is 0 Å². The molecule has 0 spiro atoms. The summed E-state index contributed by atoms with van der Waals surface area (Å²) in [4.78, 5) is 3.43. The summed E-state index contributed by atoms with van der Waals surface area (Å²) >= 11 is 0. The molecule has 0 N–H and O–H groups in total. The number of para-hydroxylation sites is 1. The molecule has 2 aromatic rings. The average molecular weight is 162 g/mol. The van der Waals surface area contributed by atoms with Crippen molar-refractivity contribution in [3.05, 3.63) is 29.9 Å². The van der Waals surface area contributed by atoms with Crippen LogP contribution in [0.2, 0.25) is 0 Å². The predicted octanol–water partition coefficient (Wildman–Crippen LogP) is 1.84. The molecule has 12 heavy (non-hydrogen) atoms. The normalized spacial score (nSPS) is 10.0. The van der Waals surface area contributed by atoms with Gasteiger partial charge in [-0.2, -0.15) is 10.2 Å². The molecule has 3 nitrogen and oxygen atoms in total. The lowest BCUT2D eigenvalue weighted by Crippen LogP contribution is -1.76. The van der Waals surface area contributed by atoms with Crippen LogP contribution < -0.4 is 0 Å². The van der Waals surface area contributed by atoms with E-state index in [9.17, 15) is 4.39 Å². The number of nitrogens with zero attached hydrogens (tertiary/aromatic N) is 2. The molecule has 1 heterocycles. The van der Waals surface area contributed by atoms with Gasteiger partial charge in [-0.05, 0) is 12.1 Å². The van der Waals surface area contributed by atoms with Crippen LogP contribution in [0.1, 0.15) is 5.56 Å². The van der Waals surface area contributed by atoms with Crippen LogP contribution in [0.5, 0.6) is 0 Å². The van der Waals surface area contributed by atoms with Crippen molar-refractivity contribution in [3.8, 4) is 6.07 Å². The summed E-state index contributed by atoms with van der Waals surface area (Å²) in [5.41, 5.74) is 0.893. The highest BCUT2D eigenvalue weighted by Gasteiger charge is 2.07. The second-order valence-corrected chi connectivity index (χ2v) is 2.23. The standard InChI is InChI=1S/C8H3FN2O/c9-8-11-7-5(4-10)2-1-3-6(7)12-8/h1-3H. The summed E-state index contributed by atoms with van der Waals surface area (Å²) in [5.74, 6) is 0. The van der Waals surface area contributed by atoms with E-state index < -0.39 is 6.14 Å². The molecule has 0 bridgehead atoms. The maximum atomic E-state index is 12.5. The molecule has 0 saturated heterocycles. The highest BCUT2D eigenvalue weighted by Crippen LogP contribution is 2.17. The summed E-state index contributed by atoms with van der Waals surface area (Å²) < 4.78 is 17.0. The molecule has 2 rings (SSSR count). The highest BCUT2D eigenvalue weighted by molar-refractivity contribution is 5.78. The number of rotatable bonds is 0. The largest absolute Gasteiger partial charge is 0.415 e. The fourth-order valence-electron chi connectivity index (χ4n) is 1.01. The minimum absolute atomic E-state index is 0.275. The fourth-order valence-corrected chi connectivity index (χ4v) is 1.01. The summed E-state index contributed by atoms with van der Waals surface area (Å²) in [6.07, 6.45) is -0.910. The molecule has 0 radical (unpaired) electrons. The van der Waals surface area contributed by atoms with E-state index in [0.717, 1.165) is 0 Å². The third kappa shape index (κ3) is 0.839. The number of hydrogen-bond donors (Lipinski definition) is 0. The lowest BCUT2D eigenvalue weighted by Gasteiger charge is -1.86. The van der Waals surface area contributed by atoms with E-state index in [0.29, 0.717) is 11.1 Å². The van der Waals surface area contributed by atoms with Crippen LogP contribution in [0.15, 0.2) is 22.6 Å². The topological polar surface area (TPSA) is 49.8 Å². The third-order valence-corrected chi connectivity index (χ3v) is 1.51. The number of hydrogen-bond acceptors (Lipinski definition) is 3. The Morgan fingerprint density at radius 1 is 1.50 bits per heavy atom. The zero-order valence-corrected chi connectivity index (χ0v) is 5.91. The van der Waals surface area contributed by atoms with Crippen molar-refractivity contribution in [1.29, 1.82) is 5.26 Å². The molecule has 0 atom stereocenters. The van der Waals surface area contributed by atoms with Gasteiger partial charge in [-0.3, -0.25) is 0 Å². The number of aromatic nitrogens is 1. The number of nitriles is 1. The van der Waals surface area contributed by atoms with Gasteiger partial charge in [0.25, 0.3) is 0 Å². The lowest BCUT2D eigenvalue weighted by molar-refractivity contribution is 0.355. The van der Waals surface area contributed by atoms with E-state index in [2.05, 4.69) is 9.40 Å². The van der Waals surface area contributed by atoms with Gasteiger partial charge < -0.3 is 4.42 Å². The zero-order chi connectivity index (χ0) is 8.55. The highest BCUT2D eigenvalue weighted by atomic mass is 19.1. The van der Waals surface area contributed by atoms with Gasteiger partial charge >= 0.3 is 6.14 Å². The van der Waals surface area contributed by atoms with Crippen LogP contribution in [0.25, 0.3) is 11.1 Å². The van der Waals surface area contributed by atoms with E-state index in [1.807, 2.05) is 6.07 Å². The second-order valence-electron chi connectivity index (χ2n) is 2.23. The monoisotopic (exact) mass is 162 g/mol. The van der Waals surface area contributed by atoms with E-state index in [4.69, 9.17) is 5.26 Å². The molecule has 58 valence electrons. The Kier molecular flexibility index (Phi) is 1.31. The quantitative estimate of drug-likeness (QED) is 0.593. The molecular formula is C8H3FN2O. The number of benzene rings is 1. The maximum absolute atomic E-state index is 12.5. The average Bonchev–Trinajstić information content (AvgIpc) is 2.44. The van der Waals surface area contributed by atoms with Crippen molar-refractivity contribution in [1.82, 2.24) is 4.98 Å². The summed E-state index contributed by atoms with van der Waals surface area (Å²) in [6.45, 7) is 0. The third-order valence-electron chi connectivity index (χ3n) is 1.51. The van der Waals surface area contributed by atoms with Gasteiger partial charge in [-0.15, -0.1) is 4.39 Å². The van der Waals surface area contributed by atoms with Crippen LogP contribution in [0.4, 0.5) is 4.39 Å². The van der Waals surface area contributed by atoms with Gasteiger partial charge in [-0.1, -0.05) is 6.07 Å². The van der Waals surface area contributed by atoms with Crippen molar-refractivity contribution < 1.29 is 8.81 Å². The first kappa shape index (κ1) is 6.80. The van der Waals surface area contributed by atoms with E-state index in [1.165, 1.54) is 0 Å². The summed E-state index contributed by atoms with van der Waals surface area (Å²) in [5, 5.41) is 8.59. The SMILES string of the molecule is N#Cc1cccc2oc(F)nc12. The molecule has 1 aromatic heterocycles. The first-order valence-electron chi connectivity index (χ1n) is 3.26. The Morgan fingerprint density at radius 3 is 3.08 bits per heavy atom. The Bertz CT molecular complexity index is 469. The number of oxazole rings is 1. The van der Waals surface area contributed by atoms with Crippen molar-refractivity contribution in [3.63, 3.8) is 0 Å². The fraction of sp³-hybridized carbons (Fsp3) is 0. The zero-order valence-electron chi connectivity index (χ0n) is 5.91. The second kappa shape index (κ2) is 2.31. The van der Waals surface area contributed by atoms with Gasteiger partial charge in [-0.25, -0.2) is 0 Å². The number of fused-ring (bicyclic) bond motifs is 1. The minimum atomic E-state index is -0.910. The van der Waals surface area contributed by atoms with Crippen LogP contribution in [-0.2, 0) is 0 Å². The molecular weight excluding hydrogens is 159 g/mol. The predicted molar refractivity (Wildman–Crippen MR) is 38.7 cm³/mol. The van der Waals surface area contributed by atoms with Crippen molar-refractivity contribution in [2.24, 2.45) is 0 Å². The van der Waals surface area contributed by atoms with Gasteiger partial charge in [0.1, 0.15) is 11.6 Å². The van der Waals surface area contributed by atoms with Gasteiger partial charge in [0.2, 0.25) is 0 Å². The lowest BCUT2D eigenvalue weighted by atomic mass is 10.2. The molecule has 0 aliphatic rings. The molecule has 1 aromatic carbocycles. The summed E-state index contributed by atoms with van der Waals surface area (Å²) in [6, 6.07) is 6.63. The van der Waals surface area contributed by atoms with Gasteiger partial charge in [0, 0.05) is 0 Å². The van der Waals surface area contributed by atoms with E-state index >= 15 is 0 Å². The Balaban J connectivity index is 2.89. The first-order valence-corrected chi connectivity index (χ1v) is 3.26. The Morgan fingerprint density at radius 2 is 2.33 bits per heavy atom. The van der Waals surface area contributed by atoms with Gasteiger partial charge in [0.05, 0.1) is 5.56 Å². The van der Waals surface area contributed by atoms with Crippen LogP contribution >= 0.6 is 0 Å². The number of halogens is 1. The molecule has 0 saturated carbocycles. The molecule has 0 unspecified atom stereocenters. The molecule has 0 amide bonds. The van der Waals surface area contributed by atoms with E-state index in [1.54, 1.807) is 18.2 Å². The minimum Gasteiger partial charge on any atom is -0.415 e. The van der Waals surface area contributed by atoms with Crippen molar-refractivity contribution in [2.45, 2.75) is 0 Å². The maximum Gasteiger partial charge on any atom is 0.382 e. The molecule has 0 fully saturated rings. The van der Waals surface area contributed by atoms with Gasteiger partial charge in [0.15, 0.2) is 5.58 Å². The molecule has 0 aliphatic heterocycles. The summed E-state index contributed by atoms with van der Waals surface area (Å²) in [7, 11) is 0. The molecule has 0 aliphatic carbocycles.